The van der Waals surface area contributed by atoms with Gasteiger partial charge >= 0.3 is 0 Å². The predicted octanol–water partition coefficient (Wildman–Crippen LogP) is 2.75. The SMILES string of the molecule is O=C(CN1CCC(N2CCCC2)C1)c1ccc(Cl)s1. The minimum absolute atomic E-state index is 0.207. The Kier molecular flexibility index (Phi) is 4.22. The number of Topliss-reactive ketones (excluding diaryl/α,β-unsaturated/α-hetero) is 1. The molecule has 0 N–H and O–H groups in total. The van der Waals surface area contributed by atoms with Crippen LogP contribution >= 0.6 is 22.9 Å². The normalized spacial score (nSPS) is 25.2. The second kappa shape index (κ2) is 5.92. The van der Waals surface area contributed by atoms with E-state index in [1.165, 1.54) is 43.7 Å². The summed E-state index contributed by atoms with van der Waals surface area (Å²) in [5, 5.41) is 0. The molecule has 0 radical (unpaired) electrons. The molecule has 3 rings (SSSR count). The lowest BCUT2D eigenvalue weighted by Crippen LogP contribution is -2.36. The third kappa shape index (κ3) is 3.19. The van der Waals surface area contributed by atoms with E-state index < -0.39 is 0 Å². The van der Waals surface area contributed by atoms with E-state index in [2.05, 4.69) is 9.80 Å². The number of nitrogens with zero attached hydrogens (tertiary/aromatic N) is 2. The lowest BCUT2D eigenvalue weighted by atomic mass is 10.2. The minimum Gasteiger partial charge on any atom is -0.299 e. The number of halogens is 1. The third-order valence-electron chi connectivity index (χ3n) is 4.12. The van der Waals surface area contributed by atoms with Crippen LogP contribution in [0.2, 0.25) is 4.34 Å². The van der Waals surface area contributed by atoms with Crippen molar-refractivity contribution in [2.75, 3.05) is 32.7 Å². The molecule has 2 aliphatic heterocycles. The van der Waals surface area contributed by atoms with Gasteiger partial charge in [-0.15, -0.1) is 11.3 Å². The molecule has 0 bridgehead atoms. The minimum atomic E-state index is 0.207. The number of carbonyl (C=O) groups is 1. The van der Waals surface area contributed by atoms with Gasteiger partial charge in [-0.05, 0) is 44.5 Å². The second-order valence-electron chi connectivity index (χ2n) is 5.45. The van der Waals surface area contributed by atoms with Crippen LogP contribution in [0, 0.1) is 0 Å². The topological polar surface area (TPSA) is 23.6 Å². The maximum Gasteiger partial charge on any atom is 0.186 e. The van der Waals surface area contributed by atoms with Crippen LogP contribution in [0.3, 0.4) is 0 Å². The summed E-state index contributed by atoms with van der Waals surface area (Å²) >= 11 is 7.26. The fourth-order valence-corrected chi connectivity index (χ4v) is 4.08. The zero-order valence-corrected chi connectivity index (χ0v) is 12.6. The van der Waals surface area contributed by atoms with E-state index in [0.29, 0.717) is 16.9 Å². The summed E-state index contributed by atoms with van der Waals surface area (Å²) in [6.07, 6.45) is 3.88. The van der Waals surface area contributed by atoms with Gasteiger partial charge in [0.2, 0.25) is 0 Å². The van der Waals surface area contributed by atoms with Crippen molar-refractivity contribution in [3.05, 3.63) is 21.3 Å². The van der Waals surface area contributed by atoms with E-state index in [1.807, 2.05) is 6.07 Å². The number of carbonyl (C=O) groups excluding carboxylic acids is 1. The van der Waals surface area contributed by atoms with Gasteiger partial charge in [0.15, 0.2) is 5.78 Å². The van der Waals surface area contributed by atoms with Gasteiger partial charge in [-0.1, -0.05) is 11.6 Å². The van der Waals surface area contributed by atoms with Gasteiger partial charge in [-0.2, -0.15) is 0 Å². The summed E-state index contributed by atoms with van der Waals surface area (Å²) in [5.74, 6) is 0.207. The number of rotatable bonds is 4. The lowest BCUT2D eigenvalue weighted by Gasteiger charge is -2.23. The molecule has 104 valence electrons. The van der Waals surface area contributed by atoms with Crippen molar-refractivity contribution in [2.45, 2.75) is 25.3 Å². The molecule has 1 aromatic rings. The van der Waals surface area contributed by atoms with E-state index >= 15 is 0 Å². The van der Waals surface area contributed by atoms with E-state index in [0.717, 1.165) is 18.0 Å². The fraction of sp³-hybridized carbons (Fsp3) is 0.643. The summed E-state index contributed by atoms with van der Waals surface area (Å²) in [4.78, 5) is 17.8. The van der Waals surface area contributed by atoms with Crippen molar-refractivity contribution >= 4 is 28.7 Å². The van der Waals surface area contributed by atoms with E-state index in [-0.39, 0.29) is 5.78 Å². The van der Waals surface area contributed by atoms with Crippen LogP contribution in [0.15, 0.2) is 12.1 Å². The van der Waals surface area contributed by atoms with Crippen molar-refractivity contribution < 1.29 is 4.79 Å². The van der Waals surface area contributed by atoms with Crippen molar-refractivity contribution in [3.63, 3.8) is 0 Å². The van der Waals surface area contributed by atoms with Crippen molar-refractivity contribution in [1.29, 1.82) is 0 Å². The van der Waals surface area contributed by atoms with Crippen molar-refractivity contribution in [3.8, 4) is 0 Å². The number of hydrogen-bond acceptors (Lipinski definition) is 4. The van der Waals surface area contributed by atoms with E-state index in [1.54, 1.807) is 6.07 Å². The molecule has 0 aliphatic carbocycles. The van der Waals surface area contributed by atoms with E-state index in [9.17, 15) is 4.79 Å². The summed E-state index contributed by atoms with van der Waals surface area (Å²) in [6, 6.07) is 4.31. The quantitative estimate of drug-likeness (QED) is 0.799. The van der Waals surface area contributed by atoms with Crippen LogP contribution in [-0.4, -0.2) is 54.3 Å². The van der Waals surface area contributed by atoms with Crippen LogP contribution in [0.4, 0.5) is 0 Å². The Morgan fingerprint density at radius 3 is 2.79 bits per heavy atom. The molecule has 1 aromatic heterocycles. The number of hydrogen-bond donors (Lipinski definition) is 0. The molecule has 3 nitrogen and oxygen atoms in total. The fourth-order valence-electron chi connectivity index (χ4n) is 3.11. The lowest BCUT2D eigenvalue weighted by molar-refractivity contribution is 0.0944. The highest BCUT2D eigenvalue weighted by atomic mass is 35.5. The Bertz CT molecular complexity index is 456. The summed E-state index contributed by atoms with van der Waals surface area (Å²) in [7, 11) is 0. The Morgan fingerprint density at radius 1 is 1.32 bits per heavy atom. The average molecular weight is 299 g/mol. The first-order valence-electron chi connectivity index (χ1n) is 6.97. The van der Waals surface area contributed by atoms with Gasteiger partial charge in [0.05, 0.1) is 15.8 Å². The molecule has 3 heterocycles. The molecule has 19 heavy (non-hydrogen) atoms. The molecule has 2 fully saturated rings. The molecule has 0 spiro atoms. The monoisotopic (exact) mass is 298 g/mol. The van der Waals surface area contributed by atoms with Crippen LogP contribution in [0.5, 0.6) is 0 Å². The maximum absolute atomic E-state index is 12.1. The molecule has 0 saturated carbocycles. The number of likely N-dealkylation sites (tertiary alicyclic amines) is 2. The van der Waals surface area contributed by atoms with E-state index in [4.69, 9.17) is 11.6 Å². The Hall–Kier alpha value is -0.420. The first-order valence-corrected chi connectivity index (χ1v) is 8.17. The zero-order chi connectivity index (χ0) is 13.2. The highest BCUT2D eigenvalue weighted by molar-refractivity contribution is 7.18. The van der Waals surface area contributed by atoms with Gasteiger partial charge < -0.3 is 0 Å². The number of ketones is 1. The van der Waals surface area contributed by atoms with Crippen LogP contribution in [0.25, 0.3) is 0 Å². The van der Waals surface area contributed by atoms with Gasteiger partial charge in [0.1, 0.15) is 0 Å². The van der Waals surface area contributed by atoms with Gasteiger partial charge in [0.25, 0.3) is 0 Å². The maximum atomic E-state index is 12.1. The Labute approximate surface area is 123 Å². The molecule has 2 aliphatic rings. The molecule has 2 saturated heterocycles. The van der Waals surface area contributed by atoms with Crippen LogP contribution in [0.1, 0.15) is 28.9 Å². The van der Waals surface area contributed by atoms with Crippen LogP contribution < -0.4 is 0 Å². The summed E-state index contributed by atoms with van der Waals surface area (Å²) in [6.45, 7) is 5.12. The number of thiophene rings is 1. The zero-order valence-electron chi connectivity index (χ0n) is 11.0. The van der Waals surface area contributed by atoms with Gasteiger partial charge in [-0.25, -0.2) is 0 Å². The second-order valence-corrected chi connectivity index (χ2v) is 7.16. The standard InChI is InChI=1S/C14H19ClN2OS/c15-14-4-3-13(19-14)12(18)10-16-8-5-11(9-16)17-6-1-2-7-17/h3-4,11H,1-2,5-10H2. The predicted molar refractivity (Wildman–Crippen MR) is 79.3 cm³/mol. The molecular weight excluding hydrogens is 280 g/mol. The highest BCUT2D eigenvalue weighted by Gasteiger charge is 2.30. The smallest absolute Gasteiger partial charge is 0.186 e. The average Bonchev–Trinajstić information content (AvgIpc) is 3.07. The molecule has 1 unspecified atom stereocenters. The van der Waals surface area contributed by atoms with Gasteiger partial charge in [-0.3, -0.25) is 14.6 Å². The molecule has 0 amide bonds. The first-order chi connectivity index (χ1) is 9.22. The third-order valence-corrected chi connectivity index (χ3v) is 5.39. The Morgan fingerprint density at radius 2 is 2.11 bits per heavy atom. The highest BCUT2D eigenvalue weighted by Crippen LogP contribution is 2.24. The first kappa shape index (κ1) is 13.6. The Balaban J connectivity index is 1.52. The molecule has 0 aromatic carbocycles. The largest absolute Gasteiger partial charge is 0.299 e. The summed E-state index contributed by atoms with van der Waals surface area (Å²) in [5.41, 5.74) is 0. The molecule has 5 heteroatoms. The molecular formula is C14H19ClN2OS. The van der Waals surface area contributed by atoms with Crippen molar-refractivity contribution in [2.24, 2.45) is 0 Å². The van der Waals surface area contributed by atoms with Crippen molar-refractivity contribution in [1.82, 2.24) is 9.80 Å². The van der Waals surface area contributed by atoms with Gasteiger partial charge in [0, 0.05) is 19.1 Å². The summed E-state index contributed by atoms with van der Waals surface area (Å²) < 4.78 is 0.694. The molecule has 1 atom stereocenters. The van der Waals surface area contributed by atoms with Crippen LogP contribution in [-0.2, 0) is 0 Å².